The first-order valence-corrected chi connectivity index (χ1v) is 9.88. The van der Waals surface area contributed by atoms with Gasteiger partial charge in [-0.2, -0.15) is 4.98 Å². The highest BCUT2D eigenvalue weighted by molar-refractivity contribution is 5.94. The van der Waals surface area contributed by atoms with Crippen molar-refractivity contribution in [3.05, 3.63) is 35.9 Å². The average molecular weight is 444 g/mol. The van der Waals surface area contributed by atoms with Crippen molar-refractivity contribution in [2.45, 2.75) is 44.7 Å². The Bertz CT molecular complexity index is 1150. The van der Waals surface area contributed by atoms with Crippen molar-refractivity contribution in [3.63, 3.8) is 0 Å². The van der Waals surface area contributed by atoms with E-state index in [1.807, 2.05) is 17.7 Å². The molecule has 3 aromatic heterocycles. The van der Waals surface area contributed by atoms with Gasteiger partial charge in [-0.3, -0.25) is 9.59 Å². The summed E-state index contributed by atoms with van der Waals surface area (Å²) in [5.74, 6) is -2.35. The van der Waals surface area contributed by atoms with E-state index in [9.17, 15) is 19.5 Å². The molecular weight excluding hydrogens is 420 g/mol. The Balaban J connectivity index is 1.63. The summed E-state index contributed by atoms with van der Waals surface area (Å²) in [5, 5.41) is 20.2. The monoisotopic (exact) mass is 444 g/mol. The first-order chi connectivity index (χ1) is 15.2. The number of nitrogen functional groups attached to an aromatic ring is 2. The molecule has 0 spiro atoms. The van der Waals surface area contributed by atoms with Crippen LogP contribution in [0.25, 0.3) is 11.0 Å². The Morgan fingerprint density at radius 2 is 1.91 bits per heavy atom. The van der Waals surface area contributed by atoms with Crippen LogP contribution in [0.1, 0.15) is 48.4 Å². The number of nitrogens with one attached hydrogen (secondary N) is 1. The largest absolute Gasteiger partial charge is 0.481 e. The SMILES string of the molecule is CC(CCn1ccc2nc(N)nc(N)c21)c1ccc(C(=O)N[C@@H](CCC(=O)O)C(=O)O)o1. The Morgan fingerprint density at radius 1 is 1.16 bits per heavy atom. The van der Waals surface area contributed by atoms with Crippen LogP contribution in [0, 0.1) is 0 Å². The fraction of sp³-hybridized carbons (Fsp3) is 0.350. The summed E-state index contributed by atoms with van der Waals surface area (Å²) in [4.78, 5) is 42.4. The van der Waals surface area contributed by atoms with Crippen LogP contribution in [0.2, 0.25) is 0 Å². The Kier molecular flexibility index (Phi) is 6.61. The molecule has 0 fully saturated rings. The van der Waals surface area contributed by atoms with Gasteiger partial charge in [0.25, 0.3) is 5.91 Å². The van der Waals surface area contributed by atoms with E-state index in [1.54, 1.807) is 12.1 Å². The number of carbonyl (C=O) groups excluding carboxylic acids is 1. The summed E-state index contributed by atoms with van der Waals surface area (Å²) < 4.78 is 7.53. The lowest BCUT2D eigenvalue weighted by atomic mass is 10.1. The number of carboxylic acid groups (broad SMARTS) is 2. The molecule has 0 aliphatic carbocycles. The molecule has 3 rings (SSSR count). The topological polar surface area (TPSA) is 200 Å². The van der Waals surface area contributed by atoms with Gasteiger partial charge >= 0.3 is 11.9 Å². The summed E-state index contributed by atoms with van der Waals surface area (Å²) in [6.07, 6.45) is 1.88. The van der Waals surface area contributed by atoms with E-state index in [4.69, 9.17) is 21.0 Å². The molecule has 32 heavy (non-hydrogen) atoms. The zero-order valence-electron chi connectivity index (χ0n) is 17.3. The van der Waals surface area contributed by atoms with Gasteiger partial charge in [-0.25, -0.2) is 9.78 Å². The molecule has 0 saturated carbocycles. The van der Waals surface area contributed by atoms with E-state index in [0.717, 1.165) is 0 Å². The number of aliphatic carboxylic acids is 2. The number of amides is 1. The van der Waals surface area contributed by atoms with Crippen molar-refractivity contribution in [3.8, 4) is 0 Å². The van der Waals surface area contributed by atoms with Crippen LogP contribution in [0.4, 0.5) is 11.8 Å². The van der Waals surface area contributed by atoms with Crippen molar-refractivity contribution in [1.29, 1.82) is 0 Å². The highest BCUT2D eigenvalue weighted by Crippen LogP contribution is 2.25. The zero-order valence-corrected chi connectivity index (χ0v) is 17.3. The number of hydrogen-bond donors (Lipinski definition) is 5. The van der Waals surface area contributed by atoms with Crippen molar-refractivity contribution < 1.29 is 29.0 Å². The average Bonchev–Trinajstić information content (AvgIpc) is 3.36. The molecule has 0 saturated heterocycles. The second-order valence-electron chi connectivity index (χ2n) is 7.40. The van der Waals surface area contributed by atoms with Gasteiger partial charge in [-0.05, 0) is 31.0 Å². The minimum atomic E-state index is -1.33. The fourth-order valence-corrected chi connectivity index (χ4v) is 3.31. The van der Waals surface area contributed by atoms with E-state index in [0.29, 0.717) is 29.8 Å². The van der Waals surface area contributed by atoms with Crippen molar-refractivity contribution in [2.75, 3.05) is 11.5 Å². The summed E-state index contributed by atoms with van der Waals surface area (Å²) in [6, 6.07) is 3.58. The number of carbonyl (C=O) groups is 3. The molecule has 7 N–H and O–H groups in total. The van der Waals surface area contributed by atoms with Crippen LogP contribution in [-0.4, -0.2) is 48.6 Å². The maximum atomic E-state index is 12.3. The molecule has 0 aliphatic heterocycles. The second kappa shape index (κ2) is 9.37. The maximum Gasteiger partial charge on any atom is 0.326 e. The van der Waals surface area contributed by atoms with Gasteiger partial charge in [0.1, 0.15) is 17.3 Å². The number of rotatable bonds is 10. The lowest BCUT2D eigenvalue weighted by molar-refractivity contribution is -0.140. The standard InChI is InChI=1S/C20H24N6O6/c1-10(6-8-26-9-7-11-16(26)17(21)25-20(22)24-11)13-3-4-14(32-13)18(29)23-12(19(30)31)2-5-15(27)28/h3-4,7,9-10,12H,2,5-6,8H2,1H3,(H,23,29)(H,27,28)(H,30,31)(H4,21,22,24,25)/t10?,12-/m0/s1. The minimum absolute atomic E-state index is 0.0482. The van der Waals surface area contributed by atoms with Crippen LogP contribution >= 0.6 is 0 Å². The van der Waals surface area contributed by atoms with E-state index in [1.165, 1.54) is 6.07 Å². The highest BCUT2D eigenvalue weighted by atomic mass is 16.4. The molecule has 0 aromatic carbocycles. The molecule has 1 amide bonds. The number of hydrogen-bond acceptors (Lipinski definition) is 8. The molecular formula is C20H24N6O6. The van der Waals surface area contributed by atoms with Crippen LogP contribution in [0.15, 0.2) is 28.8 Å². The van der Waals surface area contributed by atoms with Gasteiger partial charge < -0.3 is 36.0 Å². The first kappa shape index (κ1) is 22.6. The predicted molar refractivity (Wildman–Crippen MR) is 114 cm³/mol. The summed E-state index contributed by atoms with van der Waals surface area (Å²) in [7, 11) is 0. The number of fused-ring (bicyclic) bond motifs is 1. The number of furan rings is 1. The molecule has 2 atom stereocenters. The number of anilines is 2. The molecule has 0 radical (unpaired) electrons. The lowest BCUT2D eigenvalue weighted by Gasteiger charge is -2.13. The van der Waals surface area contributed by atoms with Crippen molar-refractivity contribution in [2.24, 2.45) is 0 Å². The van der Waals surface area contributed by atoms with Gasteiger partial charge in [-0.15, -0.1) is 0 Å². The third-order valence-corrected chi connectivity index (χ3v) is 5.04. The Hall–Kier alpha value is -4.09. The van der Waals surface area contributed by atoms with Crippen LogP contribution in [-0.2, 0) is 16.1 Å². The smallest absolute Gasteiger partial charge is 0.326 e. The molecule has 12 heteroatoms. The summed E-state index contributed by atoms with van der Waals surface area (Å²) in [6.45, 7) is 2.51. The molecule has 170 valence electrons. The van der Waals surface area contributed by atoms with E-state index >= 15 is 0 Å². The van der Waals surface area contributed by atoms with Gasteiger partial charge in [0, 0.05) is 25.1 Å². The van der Waals surface area contributed by atoms with Crippen LogP contribution in [0.5, 0.6) is 0 Å². The first-order valence-electron chi connectivity index (χ1n) is 9.88. The van der Waals surface area contributed by atoms with Crippen LogP contribution in [0.3, 0.4) is 0 Å². The molecule has 0 bridgehead atoms. The molecule has 3 aromatic rings. The fourth-order valence-electron chi connectivity index (χ4n) is 3.31. The van der Waals surface area contributed by atoms with E-state index in [2.05, 4.69) is 15.3 Å². The van der Waals surface area contributed by atoms with Gasteiger partial charge in [0.05, 0.1) is 5.52 Å². The summed E-state index contributed by atoms with van der Waals surface area (Å²) >= 11 is 0. The van der Waals surface area contributed by atoms with Crippen LogP contribution < -0.4 is 16.8 Å². The Labute approximate surface area is 182 Å². The van der Waals surface area contributed by atoms with Gasteiger partial charge in [0.15, 0.2) is 11.6 Å². The third kappa shape index (κ3) is 5.14. The van der Waals surface area contributed by atoms with Crippen molar-refractivity contribution >= 4 is 40.6 Å². The van der Waals surface area contributed by atoms with E-state index in [-0.39, 0.29) is 36.3 Å². The minimum Gasteiger partial charge on any atom is -0.481 e. The number of aromatic nitrogens is 3. The molecule has 3 heterocycles. The molecule has 12 nitrogen and oxygen atoms in total. The predicted octanol–water partition coefficient (Wildman–Crippen LogP) is 1.43. The second-order valence-corrected chi connectivity index (χ2v) is 7.40. The number of nitrogens with two attached hydrogens (primary N) is 2. The number of aryl methyl sites for hydroxylation is 1. The van der Waals surface area contributed by atoms with Gasteiger partial charge in [-0.1, -0.05) is 6.92 Å². The summed E-state index contributed by atoms with van der Waals surface area (Å²) in [5.41, 5.74) is 12.9. The number of nitrogens with zero attached hydrogens (tertiary/aromatic N) is 3. The van der Waals surface area contributed by atoms with Crippen molar-refractivity contribution in [1.82, 2.24) is 19.9 Å². The van der Waals surface area contributed by atoms with E-state index < -0.39 is 23.9 Å². The molecule has 0 aliphatic rings. The van der Waals surface area contributed by atoms with Gasteiger partial charge in [0.2, 0.25) is 5.95 Å². The lowest BCUT2D eigenvalue weighted by Crippen LogP contribution is -2.41. The normalized spacial score (nSPS) is 13.0. The number of carboxylic acids is 2. The zero-order chi connectivity index (χ0) is 23.4. The Morgan fingerprint density at radius 3 is 2.59 bits per heavy atom. The molecule has 1 unspecified atom stereocenters. The quantitative estimate of drug-likeness (QED) is 0.304. The third-order valence-electron chi connectivity index (χ3n) is 5.04. The highest BCUT2D eigenvalue weighted by Gasteiger charge is 2.24. The maximum absolute atomic E-state index is 12.3.